The van der Waals surface area contributed by atoms with Crippen LogP contribution in [0.2, 0.25) is 0 Å². The lowest BCUT2D eigenvalue weighted by atomic mass is 10.1. The van der Waals surface area contributed by atoms with Crippen molar-refractivity contribution in [1.82, 2.24) is 4.90 Å². The summed E-state index contributed by atoms with van der Waals surface area (Å²) in [6, 6.07) is 13.0. The molecule has 1 aliphatic rings. The number of carbonyl (C=O) groups excluding carboxylic acids is 2. The number of hydrogen-bond donors (Lipinski definition) is 0. The number of aryl methyl sites for hydroxylation is 1. The summed E-state index contributed by atoms with van der Waals surface area (Å²) in [6.45, 7) is 6.65. The van der Waals surface area contributed by atoms with Gasteiger partial charge in [0.2, 0.25) is 0 Å². The Bertz CT molecular complexity index is 879. The van der Waals surface area contributed by atoms with Crippen molar-refractivity contribution in [2.24, 2.45) is 0 Å². The van der Waals surface area contributed by atoms with Crippen LogP contribution in [-0.4, -0.2) is 56.2 Å². The minimum atomic E-state index is -0.321. The molecule has 6 nitrogen and oxygen atoms in total. The minimum absolute atomic E-state index is 0.0486. The number of hydrogen-bond acceptors (Lipinski definition) is 6. The number of Topliss-reactive ketones (excluding diaryl/α,β-unsaturated/α-hetero) is 1. The lowest BCUT2D eigenvalue weighted by molar-refractivity contribution is -0.0504. The van der Waals surface area contributed by atoms with E-state index in [4.69, 9.17) is 14.2 Å². The largest absolute Gasteiger partial charge is 0.491 e. The van der Waals surface area contributed by atoms with Crippen LogP contribution in [0.3, 0.4) is 0 Å². The quantitative estimate of drug-likeness (QED) is 0.528. The average Bonchev–Trinajstić information content (AvgIpc) is 2.72. The first-order chi connectivity index (χ1) is 14.0. The van der Waals surface area contributed by atoms with Gasteiger partial charge >= 0.3 is 5.97 Å². The van der Waals surface area contributed by atoms with Crippen LogP contribution in [0.15, 0.2) is 42.5 Å². The molecule has 3 rings (SSSR count). The molecule has 0 N–H and O–H groups in total. The van der Waals surface area contributed by atoms with Gasteiger partial charge in [-0.25, -0.2) is 4.79 Å². The van der Waals surface area contributed by atoms with Crippen molar-refractivity contribution in [3.05, 3.63) is 64.7 Å². The summed E-state index contributed by atoms with van der Waals surface area (Å²) in [4.78, 5) is 25.8. The highest BCUT2D eigenvalue weighted by molar-refractivity contribution is 5.95. The molecule has 0 spiro atoms. The zero-order valence-electron chi connectivity index (χ0n) is 17.1. The Kier molecular flexibility index (Phi) is 7.01. The van der Waals surface area contributed by atoms with Gasteiger partial charge in [0.1, 0.15) is 18.5 Å². The van der Waals surface area contributed by atoms with Gasteiger partial charge in [0.25, 0.3) is 0 Å². The standard InChI is InChI=1S/C23H27NO5/c1-16-12-19(8-9-21(16)17(2)25)29-15-20-14-24(10-11-28-20)13-18-6-4-5-7-22(18)23(26)27-3/h4-9,12,20H,10-11,13-15H2,1-3H3. The fourth-order valence-corrected chi connectivity index (χ4v) is 3.54. The average molecular weight is 397 g/mol. The summed E-state index contributed by atoms with van der Waals surface area (Å²) in [6.07, 6.45) is -0.0678. The minimum Gasteiger partial charge on any atom is -0.491 e. The third-order valence-corrected chi connectivity index (χ3v) is 5.05. The molecule has 2 aromatic carbocycles. The van der Waals surface area contributed by atoms with Gasteiger partial charge in [-0.1, -0.05) is 18.2 Å². The van der Waals surface area contributed by atoms with Crippen molar-refractivity contribution >= 4 is 11.8 Å². The summed E-state index contributed by atoms with van der Waals surface area (Å²) in [5.74, 6) is 0.454. The Labute approximate surface area is 171 Å². The Morgan fingerprint density at radius 2 is 1.97 bits per heavy atom. The van der Waals surface area contributed by atoms with Crippen LogP contribution in [0.25, 0.3) is 0 Å². The van der Waals surface area contributed by atoms with Crippen LogP contribution in [0.1, 0.15) is 38.8 Å². The predicted octanol–water partition coefficient (Wildman–Crippen LogP) is 3.26. The zero-order valence-corrected chi connectivity index (χ0v) is 17.1. The van der Waals surface area contributed by atoms with Crippen molar-refractivity contribution in [3.8, 4) is 5.75 Å². The number of ether oxygens (including phenoxy) is 3. The summed E-state index contributed by atoms with van der Waals surface area (Å²) in [7, 11) is 1.39. The van der Waals surface area contributed by atoms with E-state index in [1.807, 2.05) is 37.3 Å². The van der Waals surface area contributed by atoms with Crippen LogP contribution in [-0.2, 0) is 16.0 Å². The Balaban J connectivity index is 1.58. The molecule has 1 atom stereocenters. The number of rotatable bonds is 7. The molecule has 1 saturated heterocycles. The Morgan fingerprint density at radius 1 is 1.17 bits per heavy atom. The van der Waals surface area contributed by atoms with Crippen LogP contribution in [0.4, 0.5) is 0 Å². The zero-order chi connectivity index (χ0) is 20.8. The third kappa shape index (κ3) is 5.43. The van der Waals surface area contributed by atoms with Crippen LogP contribution in [0, 0.1) is 6.92 Å². The maximum Gasteiger partial charge on any atom is 0.338 e. The van der Waals surface area contributed by atoms with Gasteiger partial charge in [-0.05, 0) is 49.2 Å². The molecular formula is C23H27NO5. The second-order valence-corrected chi connectivity index (χ2v) is 7.22. The molecule has 0 radical (unpaired) electrons. The molecule has 0 aliphatic carbocycles. The topological polar surface area (TPSA) is 65.1 Å². The second-order valence-electron chi connectivity index (χ2n) is 7.22. The van der Waals surface area contributed by atoms with E-state index in [0.29, 0.717) is 37.4 Å². The molecule has 1 aliphatic heterocycles. The van der Waals surface area contributed by atoms with E-state index >= 15 is 0 Å². The van der Waals surface area contributed by atoms with Crippen LogP contribution in [0.5, 0.6) is 5.75 Å². The van der Waals surface area contributed by atoms with Gasteiger partial charge in [0.05, 0.1) is 19.3 Å². The molecule has 1 fully saturated rings. The molecule has 2 aromatic rings. The predicted molar refractivity (Wildman–Crippen MR) is 109 cm³/mol. The smallest absolute Gasteiger partial charge is 0.338 e. The molecule has 154 valence electrons. The van der Waals surface area contributed by atoms with E-state index in [1.54, 1.807) is 19.1 Å². The monoisotopic (exact) mass is 397 g/mol. The van der Waals surface area contributed by atoms with E-state index in [2.05, 4.69) is 4.90 Å². The fourth-order valence-electron chi connectivity index (χ4n) is 3.54. The van der Waals surface area contributed by atoms with Crippen molar-refractivity contribution in [2.45, 2.75) is 26.5 Å². The van der Waals surface area contributed by atoms with Gasteiger partial charge in [-0.3, -0.25) is 9.69 Å². The SMILES string of the molecule is COC(=O)c1ccccc1CN1CCOC(COc2ccc(C(C)=O)c(C)c2)C1. The maximum absolute atomic E-state index is 12.0. The fraction of sp³-hybridized carbons (Fsp3) is 0.391. The second kappa shape index (κ2) is 9.67. The van der Waals surface area contributed by atoms with E-state index in [-0.39, 0.29) is 17.9 Å². The van der Waals surface area contributed by atoms with Gasteiger partial charge in [0, 0.05) is 25.2 Å². The maximum atomic E-state index is 12.0. The summed E-state index contributed by atoms with van der Waals surface area (Å²) < 4.78 is 16.6. The van der Waals surface area contributed by atoms with Crippen LogP contribution >= 0.6 is 0 Å². The van der Waals surface area contributed by atoms with E-state index in [9.17, 15) is 9.59 Å². The van der Waals surface area contributed by atoms with Crippen molar-refractivity contribution in [3.63, 3.8) is 0 Å². The number of benzene rings is 2. The number of nitrogens with zero attached hydrogens (tertiary/aromatic N) is 1. The Morgan fingerprint density at radius 3 is 2.69 bits per heavy atom. The van der Waals surface area contributed by atoms with Crippen molar-refractivity contribution < 1.29 is 23.8 Å². The molecule has 29 heavy (non-hydrogen) atoms. The van der Waals surface area contributed by atoms with Crippen molar-refractivity contribution in [2.75, 3.05) is 33.4 Å². The third-order valence-electron chi connectivity index (χ3n) is 5.05. The molecule has 1 unspecified atom stereocenters. The molecule has 0 aromatic heterocycles. The normalized spacial score (nSPS) is 17.0. The van der Waals surface area contributed by atoms with Crippen LogP contribution < -0.4 is 4.74 Å². The van der Waals surface area contributed by atoms with Gasteiger partial charge < -0.3 is 14.2 Å². The number of morpholine rings is 1. The number of methoxy groups -OCH3 is 1. The first kappa shape index (κ1) is 21.0. The number of carbonyl (C=O) groups is 2. The molecule has 1 heterocycles. The molecular weight excluding hydrogens is 370 g/mol. The highest BCUT2D eigenvalue weighted by Crippen LogP contribution is 2.20. The van der Waals surface area contributed by atoms with Gasteiger partial charge in [-0.2, -0.15) is 0 Å². The number of ketones is 1. The van der Waals surface area contributed by atoms with E-state index in [1.165, 1.54) is 7.11 Å². The van der Waals surface area contributed by atoms with Crippen molar-refractivity contribution in [1.29, 1.82) is 0 Å². The van der Waals surface area contributed by atoms with E-state index in [0.717, 1.165) is 23.4 Å². The Hall–Kier alpha value is -2.70. The highest BCUT2D eigenvalue weighted by Gasteiger charge is 2.23. The van der Waals surface area contributed by atoms with Gasteiger partial charge in [0.15, 0.2) is 5.78 Å². The summed E-state index contributed by atoms with van der Waals surface area (Å²) >= 11 is 0. The first-order valence-corrected chi connectivity index (χ1v) is 9.72. The lowest BCUT2D eigenvalue weighted by Crippen LogP contribution is -2.44. The molecule has 0 amide bonds. The molecule has 0 saturated carbocycles. The summed E-state index contributed by atoms with van der Waals surface area (Å²) in [5.41, 5.74) is 3.15. The van der Waals surface area contributed by atoms with E-state index < -0.39 is 0 Å². The number of esters is 1. The molecule has 6 heteroatoms. The summed E-state index contributed by atoms with van der Waals surface area (Å²) in [5, 5.41) is 0. The highest BCUT2D eigenvalue weighted by atomic mass is 16.5. The first-order valence-electron chi connectivity index (χ1n) is 9.72. The van der Waals surface area contributed by atoms with Gasteiger partial charge in [-0.15, -0.1) is 0 Å². The lowest BCUT2D eigenvalue weighted by Gasteiger charge is -2.33. The molecule has 0 bridgehead atoms.